The summed E-state index contributed by atoms with van der Waals surface area (Å²) < 4.78 is 37.7. The third-order valence-electron chi connectivity index (χ3n) is 13.2. The van der Waals surface area contributed by atoms with E-state index in [9.17, 15) is 20.1 Å². The Morgan fingerprint density at radius 2 is 1.73 bits per heavy atom. The van der Waals surface area contributed by atoms with E-state index in [0.717, 1.165) is 0 Å². The summed E-state index contributed by atoms with van der Waals surface area (Å²) in [6.07, 6.45) is -4.42. The number of hydrogen-bond donors (Lipinski definition) is 3. The fourth-order valence-electron chi connectivity index (χ4n) is 12.3. The molecule has 3 N–H and O–H groups in total. The Hall–Kier alpha value is -1.67. The lowest BCUT2D eigenvalue weighted by atomic mass is 9.42. The third kappa shape index (κ3) is 3.31. The summed E-state index contributed by atoms with van der Waals surface area (Å²) >= 11 is 0. The van der Waals surface area contributed by atoms with E-state index >= 15 is 0 Å². The number of ether oxygens (including phenoxy) is 6. The van der Waals surface area contributed by atoms with Crippen LogP contribution in [0.4, 0.5) is 0 Å². The predicted molar refractivity (Wildman–Crippen MR) is 156 cm³/mol. The lowest BCUT2D eigenvalue weighted by Gasteiger charge is -2.70. The van der Waals surface area contributed by atoms with Crippen molar-refractivity contribution in [3.8, 4) is 0 Å². The zero-order valence-corrected chi connectivity index (χ0v) is 26.4. The molecule has 6 aliphatic rings. The van der Waals surface area contributed by atoms with Gasteiger partial charge in [0.2, 0.25) is 0 Å². The third-order valence-corrected chi connectivity index (χ3v) is 13.2. The smallest absolute Gasteiger partial charge is 0.338 e. The minimum absolute atomic E-state index is 0.177. The molecule has 6 fully saturated rings. The van der Waals surface area contributed by atoms with Crippen molar-refractivity contribution < 1.29 is 48.5 Å². The van der Waals surface area contributed by atoms with Crippen LogP contribution in [0.15, 0.2) is 30.3 Å². The van der Waals surface area contributed by atoms with Gasteiger partial charge >= 0.3 is 5.97 Å². The number of methoxy groups -OCH3 is 5. The molecule has 0 amide bonds. The lowest BCUT2D eigenvalue weighted by Crippen LogP contribution is -2.81. The van der Waals surface area contributed by atoms with Crippen molar-refractivity contribution in [1.29, 1.82) is 0 Å². The van der Waals surface area contributed by atoms with Gasteiger partial charge in [0.1, 0.15) is 29.5 Å². The number of benzene rings is 1. The second-order valence-electron chi connectivity index (χ2n) is 14.0. The van der Waals surface area contributed by atoms with E-state index in [1.807, 2.05) is 6.07 Å². The summed E-state index contributed by atoms with van der Waals surface area (Å²) in [5.41, 5.74) is -4.01. The van der Waals surface area contributed by atoms with Crippen LogP contribution in [0.2, 0.25) is 0 Å². The molecule has 1 heterocycles. The summed E-state index contributed by atoms with van der Waals surface area (Å²) in [4.78, 5) is 16.1. The highest BCUT2D eigenvalue weighted by molar-refractivity contribution is 5.89. The van der Waals surface area contributed by atoms with Crippen LogP contribution in [0.1, 0.15) is 30.1 Å². The molecule has 7 rings (SSSR count). The Balaban J connectivity index is 1.50. The molecular weight excluding hydrogens is 570 g/mol. The molecule has 5 aliphatic carbocycles. The number of aliphatic hydroxyl groups is 3. The van der Waals surface area contributed by atoms with Crippen molar-refractivity contribution in [1.82, 2.24) is 4.90 Å². The minimum Gasteiger partial charge on any atom is -0.455 e. The van der Waals surface area contributed by atoms with Crippen molar-refractivity contribution in [2.24, 2.45) is 34.5 Å². The van der Waals surface area contributed by atoms with Gasteiger partial charge in [0.25, 0.3) is 0 Å². The van der Waals surface area contributed by atoms with E-state index in [-0.39, 0.29) is 24.3 Å². The highest BCUT2D eigenvalue weighted by atomic mass is 16.6. The summed E-state index contributed by atoms with van der Waals surface area (Å²) in [5.74, 6) is -2.20. The van der Waals surface area contributed by atoms with E-state index in [1.54, 1.807) is 52.7 Å². The number of carbonyl (C=O) groups excluding carboxylic acids is 1. The molecule has 0 radical (unpaired) electrons. The molecule has 1 aromatic rings. The van der Waals surface area contributed by atoms with E-state index < -0.39 is 76.5 Å². The quantitative estimate of drug-likeness (QED) is 0.339. The first-order chi connectivity index (χ1) is 21.1. The first-order valence-corrected chi connectivity index (χ1v) is 15.8. The monoisotopic (exact) mass is 617 g/mol. The Kier molecular flexibility index (Phi) is 7.33. The predicted octanol–water partition coefficient (Wildman–Crippen LogP) is 0.731. The van der Waals surface area contributed by atoms with Gasteiger partial charge in [-0.25, -0.2) is 4.79 Å². The first-order valence-electron chi connectivity index (χ1n) is 15.8. The molecule has 1 aromatic carbocycles. The summed E-state index contributed by atoms with van der Waals surface area (Å²) in [6.45, 7) is 3.68. The summed E-state index contributed by atoms with van der Waals surface area (Å²) in [7, 11) is 8.09. The highest BCUT2D eigenvalue weighted by Gasteiger charge is 2.91. The Labute approximate surface area is 258 Å². The van der Waals surface area contributed by atoms with Crippen molar-refractivity contribution in [2.45, 2.75) is 73.6 Å². The fraction of sp³-hybridized carbons (Fsp3) is 0.788. The second kappa shape index (κ2) is 10.4. The Morgan fingerprint density at radius 1 is 1.00 bits per heavy atom. The average Bonchev–Trinajstić information content (AvgIpc) is 3.40. The molecule has 0 aromatic heterocycles. The van der Waals surface area contributed by atoms with Gasteiger partial charge in [-0.3, -0.25) is 4.90 Å². The SMILES string of the molecule is CCN1CC2(COC)C(O)CC(OC)C34C5CC6(O)C(OC)C(O)C(OC)(C5C6OC(=O)c5ccccc5)C(C(OC)C23)C14. The number of esters is 1. The molecule has 5 saturated carbocycles. The standard InChI is InChI=1S/C33H47NO10/c1-7-34-15-30(16-39-2)19(35)13-20(40-3)32-18-14-31(38)27(44-29(37)17-11-9-8-10-12-17)21(18)33(43-6,26(36)28(31)42-5)22(25(32)34)23(41-4)24(30)32/h8-12,18-28,35-36,38H,7,13-16H2,1-6H3. The van der Waals surface area contributed by atoms with Gasteiger partial charge in [0, 0.05) is 83.1 Å². The van der Waals surface area contributed by atoms with Gasteiger partial charge in [-0.1, -0.05) is 25.1 Å². The van der Waals surface area contributed by atoms with Gasteiger partial charge in [0.05, 0.1) is 30.5 Å². The maximum absolute atomic E-state index is 13.7. The summed E-state index contributed by atoms with van der Waals surface area (Å²) in [6, 6.07) is 8.55. The van der Waals surface area contributed by atoms with Gasteiger partial charge in [-0.2, -0.15) is 0 Å². The largest absolute Gasteiger partial charge is 0.455 e. The number of nitrogens with zero attached hydrogens (tertiary/aromatic N) is 1. The number of hydrogen-bond acceptors (Lipinski definition) is 11. The van der Waals surface area contributed by atoms with Gasteiger partial charge in [-0.15, -0.1) is 0 Å². The number of rotatable bonds is 9. The highest BCUT2D eigenvalue weighted by Crippen LogP contribution is 2.80. The van der Waals surface area contributed by atoms with Gasteiger partial charge in [0.15, 0.2) is 0 Å². The van der Waals surface area contributed by atoms with Crippen LogP contribution < -0.4 is 0 Å². The lowest BCUT2D eigenvalue weighted by molar-refractivity contribution is -0.325. The van der Waals surface area contributed by atoms with E-state index in [4.69, 9.17) is 28.4 Å². The molecule has 1 spiro atoms. The maximum atomic E-state index is 13.7. The number of carbonyl (C=O) groups is 1. The molecule has 244 valence electrons. The second-order valence-corrected chi connectivity index (χ2v) is 14.0. The molecule has 1 aliphatic heterocycles. The molecule has 15 atom stereocenters. The molecule has 11 nitrogen and oxygen atoms in total. The van der Waals surface area contributed by atoms with E-state index in [0.29, 0.717) is 31.7 Å². The Morgan fingerprint density at radius 3 is 2.32 bits per heavy atom. The van der Waals surface area contributed by atoms with Crippen molar-refractivity contribution in [3.63, 3.8) is 0 Å². The number of piperidine rings is 1. The van der Waals surface area contributed by atoms with E-state index in [1.165, 1.54) is 7.11 Å². The molecule has 7 bridgehead atoms. The molecule has 11 heteroatoms. The summed E-state index contributed by atoms with van der Waals surface area (Å²) in [5, 5.41) is 37.1. The average molecular weight is 618 g/mol. The van der Waals surface area contributed by atoms with Crippen molar-refractivity contribution >= 4 is 5.97 Å². The van der Waals surface area contributed by atoms with Crippen LogP contribution in [0.5, 0.6) is 0 Å². The van der Waals surface area contributed by atoms with Crippen LogP contribution >= 0.6 is 0 Å². The maximum Gasteiger partial charge on any atom is 0.338 e. The molecule has 1 saturated heterocycles. The van der Waals surface area contributed by atoms with Crippen molar-refractivity contribution in [2.75, 3.05) is 55.2 Å². The number of likely N-dealkylation sites (tertiary alicyclic amines) is 1. The normalized spacial score (nSPS) is 51.8. The van der Waals surface area contributed by atoms with Crippen LogP contribution in [0, 0.1) is 34.5 Å². The molecular formula is C33H47NO10. The fourth-order valence-corrected chi connectivity index (χ4v) is 12.3. The number of aliphatic hydroxyl groups excluding tert-OH is 2. The van der Waals surface area contributed by atoms with Crippen LogP contribution in [-0.2, 0) is 28.4 Å². The van der Waals surface area contributed by atoms with Crippen LogP contribution in [0.25, 0.3) is 0 Å². The number of fused-ring (bicyclic) bond motifs is 2. The van der Waals surface area contributed by atoms with Crippen LogP contribution in [0.3, 0.4) is 0 Å². The minimum atomic E-state index is -1.71. The van der Waals surface area contributed by atoms with Crippen molar-refractivity contribution in [3.05, 3.63) is 35.9 Å². The molecule has 44 heavy (non-hydrogen) atoms. The van der Waals surface area contributed by atoms with Gasteiger partial charge < -0.3 is 43.7 Å². The first kappa shape index (κ1) is 31.0. The zero-order valence-electron chi connectivity index (χ0n) is 26.4. The van der Waals surface area contributed by atoms with E-state index in [2.05, 4.69) is 11.8 Å². The van der Waals surface area contributed by atoms with Crippen LogP contribution in [-0.4, -0.2) is 135 Å². The van der Waals surface area contributed by atoms with Gasteiger partial charge in [-0.05, 0) is 31.0 Å². The zero-order chi connectivity index (χ0) is 31.4. The topological polar surface area (TPSA) is 136 Å². The Bertz CT molecular complexity index is 1270. The molecule has 15 unspecified atom stereocenters.